The summed E-state index contributed by atoms with van der Waals surface area (Å²) in [5.41, 5.74) is 1.03. The number of sulfonamides is 1. The SMILES string of the molecule is CCCNC(=O)[C@H](C)N(Cc1cccc(Cl)c1)C(=O)CN(c1ccccc1)S(=O)(=O)c1ccc(Cl)cc1. The second-order valence-corrected chi connectivity index (χ2v) is 11.2. The highest BCUT2D eigenvalue weighted by molar-refractivity contribution is 7.92. The number of carbonyl (C=O) groups excluding carboxylic acids is 2. The Bertz CT molecular complexity index is 1320. The Labute approximate surface area is 228 Å². The standard InChI is InChI=1S/C27H29Cl2N3O4S/c1-3-16-30-27(34)20(2)31(18-21-8-7-9-23(29)17-21)26(33)19-32(24-10-5-4-6-11-24)37(35,36)25-14-12-22(28)13-15-25/h4-15,17,20H,3,16,18-19H2,1-2H3,(H,30,34)/t20-/m0/s1. The maximum atomic E-state index is 13.8. The molecule has 0 aliphatic heterocycles. The molecule has 0 saturated carbocycles. The number of carbonyl (C=O) groups is 2. The molecule has 0 aliphatic rings. The molecule has 3 aromatic rings. The van der Waals surface area contributed by atoms with Crippen LogP contribution in [0.15, 0.2) is 83.8 Å². The first-order chi connectivity index (χ1) is 17.6. The molecule has 3 rings (SSSR count). The molecule has 0 aliphatic carbocycles. The zero-order valence-electron chi connectivity index (χ0n) is 20.6. The molecule has 1 atom stereocenters. The number of amides is 2. The van der Waals surface area contributed by atoms with Gasteiger partial charge in [0.05, 0.1) is 10.6 Å². The van der Waals surface area contributed by atoms with Crippen molar-refractivity contribution in [3.63, 3.8) is 0 Å². The van der Waals surface area contributed by atoms with E-state index in [9.17, 15) is 18.0 Å². The van der Waals surface area contributed by atoms with Gasteiger partial charge in [0.15, 0.2) is 0 Å². The molecule has 0 aromatic heterocycles. The molecule has 37 heavy (non-hydrogen) atoms. The number of anilines is 1. The summed E-state index contributed by atoms with van der Waals surface area (Å²) in [6.07, 6.45) is 0.738. The molecule has 1 N–H and O–H groups in total. The lowest BCUT2D eigenvalue weighted by Crippen LogP contribution is -2.51. The molecule has 0 saturated heterocycles. The number of hydrogen-bond acceptors (Lipinski definition) is 4. The van der Waals surface area contributed by atoms with E-state index >= 15 is 0 Å². The fourth-order valence-corrected chi connectivity index (χ4v) is 5.42. The second-order valence-electron chi connectivity index (χ2n) is 8.42. The molecule has 10 heteroatoms. The number of para-hydroxylation sites is 1. The van der Waals surface area contributed by atoms with Crippen LogP contribution in [0.1, 0.15) is 25.8 Å². The van der Waals surface area contributed by atoms with Crippen molar-refractivity contribution in [2.24, 2.45) is 0 Å². The third-order valence-corrected chi connectivity index (χ3v) is 7.96. The van der Waals surface area contributed by atoms with Gasteiger partial charge in [0.1, 0.15) is 12.6 Å². The van der Waals surface area contributed by atoms with Crippen LogP contribution in [0.5, 0.6) is 0 Å². The molecule has 0 spiro atoms. The van der Waals surface area contributed by atoms with Gasteiger partial charge in [-0.3, -0.25) is 13.9 Å². The lowest BCUT2D eigenvalue weighted by molar-refractivity contribution is -0.139. The molecule has 0 unspecified atom stereocenters. The van der Waals surface area contributed by atoms with E-state index in [0.717, 1.165) is 10.7 Å². The van der Waals surface area contributed by atoms with Crippen LogP contribution >= 0.6 is 23.2 Å². The van der Waals surface area contributed by atoms with Gasteiger partial charge in [0, 0.05) is 23.1 Å². The smallest absolute Gasteiger partial charge is 0.264 e. The highest BCUT2D eigenvalue weighted by atomic mass is 35.5. The van der Waals surface area contributed by atoms with Gasteiger partial charge < -0.3 is 10.2 Å². The third kappa shape index (κ3) is 7.47. The summed E-state index contributed by atoms with van der Waals surface area (Å²) in [7, 11) is -4.13. The minimum atomic E-state index is -4.13. The third-order valence-electron chi connectivity index (χ3n) is 5.68. The van der Waals surface area contributed by atoms with Crippen LogP contribution in [0, 0.1) is 0 Å². The Morgan fingerprint density at radius 1 is 0.919 bits per heavy atom. The topological polar surface area (TPSA) is 86.8 Å². The molecule has 2 amide bonds. The maximum absolute atomic E-state index is 13.8. The van der Waals surface area contributed by atoms with Crippen LogP contribution in [0.3, 0.4) is 0 Å². The molecule has 3 aromatic carbocycles. The number of nitrogens with one attached hydrogen (secondary N) is 1. The van der Waals surface area contributed by atoms with Gasteiger partial charge in [-0.2, -0.15) is 0 Å². The fourth-order valence-electron chi connectivity index (χ4n) is 3.67. The number of rotatable bonds is 11. The summed E-state index contributed by atoms with van der Waals surface area (Å²) in [6.45, 7) is 3.57. The Morgan fingerprint density at radius 2 is 1.59 bits per heavy atom. The van der Waals surface area contributed by atoms with Gasteiger partial charge in [-0.1, -0.05) is 60.5 Å². The van der Waals surface area contributed by atoms with Crippen molar-refractivity contribution in [2.45, 2.75) is 37.8 Å². The van der Waals surface area contributed by atoms with Crippen molar-refractivity contribution in [1.29, 1.82) is 0 Å². The van der Waals surface area contributed by atoms with E-state index in [0.29, 0.717) is 27.8 Å². The highest BCUT2D eigenvalue weighted by Crippen LogP contribution is 2.25. The van der Waals surface area contributed by atoms with E-state index < -0.39 is 28.5 Å². The zero-order valence-corrected chi connectivity index (χ0v) is 22.9. The number of hydrogen-bond donors (Lipinski definition) is 1. The highest BCUT2D eigenvalue weighted by Gasteiger charge is 2.32. The van der Waals surface area contributed by atoms with Crippen LogP contribution in [0.2, 0.25) is 10.0 Å². The first-order valence-corrected chi connectivity index (χ1v) is 14.0. The Balaban J connectivity index is 1.99. The van der Waals surface area contributed by atoms with Gasteiger partial charge in [-0.05, 0) is 67.4 Å². The van der Waals surface area contributed by atoms with E-state index in [4.69, 9.17) is 23.2 Å². The normalized spacial score (nSPS) is 12.0. The van der Waals surface area contributed by atoms with Crippen LogP contribution < -0.4 is 9.62 Å². The van der Waals surface area contributed by atoms with Crippen molar-refractivity contribution in [2.75, 3.05) is 17.4 Å². The van der Waals surface area contributed by atoms with Crippen molar-refractivity contribution in [1.82, 2.24) is 10.2 Å². The quantitative estimate of drug-likeness (QED) is 0.351. The molecule has 196 valence electrons. The molecule has 7 nitrogen and oxygen atoms in total. The van der Waals surface area contributed by atoms with E-state index in [2.05, 4.69) is 5.32 Å². The summed E-state index contributed by atoms with van der Waals surface area (Å²) < 4.78 is 28.4. The number of halogens is 2. The Hall–Kier alpha value is -3.07. The van der Waals surface area contributed by atoms with Gasteiger partial charge in [-0.25, -0.2) is 8.42 Å². The monoisotopic (exact) mass is 561 g/mol. The molecular weight excluding hydrogens is 533 g/mol. The minimum Gasteiger partial charge on any atom is -0.354 e. The zero-order chi connectivity index (χ0) is 27.0. The fraction of sp³-hybridized carbons (Fsp3) is 0.259. The van der Waals surface area contributed by atoms with E-state index in [1.807, 2.05) is 6.92 Å². The first-order valence-electron chi connectivity index (χ1n) is 11.8. The molecule has 0 heterocycles. The van der Waals surface area contributed by atoms with Crippen molar-refractivity contribution in [3.05, 3.63) is 94.5 Å². The van der Waals surface area contributed by atoms with Crippen LogP contribution in [-0.4, -0.2) is 44.3 Å². The van der Waals surface area contributed by atoms with Crippen LogP contribution in [0.25, 0.3) is 0 Å². The Morgan fingerprint density at radius 3 is 2.22 bits per heavy atom. The van der Waals surface area contributed by atoms with E-state index in [1.165, 1.54) is 29.2 Å². The number of nitrogens with zero attached hydrogens (tertiary/aromatic N) is 2. The van der Waals surface area contributed by atoms with Crippen molar-refractivity contribution >= 4 is 50.7 Å². The van der Waals surface area contributed by atoms with Crippen molar-refractivity contribution < 1.29 is 18.0 Å². The average Bonchev–Trinajstić information content (AvgIpc) is 2.89. The van der Waals surface area contributed by atoms with Crippen molar-refractivity contribution in [3.8, 4) is 0 Å². The maximum Gasteiger partial charge on any atom is 0.264 e. The first kappa shape index (κ1) is 28.5. The summed E-state index contributed by atoms with van der Waals surface area (Å²) in [4.78, 5) is 27.9. The number of benzene rings is 3. The van der Waals surface area contributed by atoms with Gasteiger partial charge in [-0.15, -0.1) is 0 Å². The lowest BCUT2D eigenvalue weighted by atomic mass is 10.1. The minimum absolute atomic E-state index is 0.0105. The van der Waals surface area contributed by atoms with E-state index in [-0.39, 0.29) is 17.3 Å². The van der Waals surface area contributed by atoms with Gasteiger partial charge in [0.25, 0.3) is 10.0 Å². The Kier molecular flexibility index (Phi) is 9.97. The second kappa shape index (κ2) is 12.9. The van der Waals surface area contributed by atoms with E-state index in [1.54, 1.807) is 61.5 Å². The summed E-state index contributed by atoms with van der Waals surface area (Å²) >= 11 is 12.1. The van der Waals surface area contributed by atoms with Crippen LogP contribution in [0.4, 0.5) is 5.69 Å². The summed E-state index contributed by atoms with van der Waals surface area (Å²) in [6, 6.07) is 20.2. The molecule has 0 radical (unpaired) electrons. The summed E-state index contributed by atoms with van der Waals surface area (Å²) in [5.74, 6) is -0.871. The van der Waals surface area contributed by atoms with Crippen LogP contribution in [-0.2, 0) is 26.2 Å². The average molecular weight is 563 g/mol. The van der Waals surface area contributed by atoms with Gasteiger partial charge in [0.2, 0.25) is 11.8 Å². The largest absolute Gasteiger partial charge is 0.354 e. The summed E-state index contributed by atoms with van der Waals surface area (Å²) in [5, 5.41) is 3.69. The predicted octanol–water partition coefficient (Wildman–Crippen LogP) is 5.13. The van der Waals surface area contributed by atoms with Gasteiger partial charge >= 0.3 is 0 Å². The lowest BCUT2D eigenvalue weighted by Gasteiger charge is -2.32. The molecule has 0 bridgehead atoms. The predicted molar refractivity (Wildman–Crippen MR) is 147 cm³/mol. The molecule has 0 fully saturated rings. The molecular formula is C27H29Cl2N3O4S.